The number of hydrogen-bond acceptors (Lipinski definition) is 2. The van der Waals surface area contributed by atoms with Crippen molar-refractivity contribution >= 4 is 5.69 Å². The number of anilines is 1. The fraction of sp³-hybridized carbons (Fsp3) is 0.133. The Labute approximate surface area is 106 Å². The second-order valence-corrected chi connectivity index (χ2v) is 4.08. The summed E-state index contributed by atoms with van der Waals surface area (Å²) in [6.45, 7) is 1.88. The standard InChI is InChI=1S/C15H13FN2/c1-11-7-8-13(16)9-14(11)18-15(10-17)12-5-3-2-4-6-12/h2-9,15,18H,1H3/t15-/m0/s1. The van der Waals surface area contributed by atoms with E-state index in [4.69, 9.17) is 0 Å². The van der Waals surface area contributed by atoms with E-state index in [0.717, 1.165) is 11.1 Å². The van der Waals surface area contributed by atoms with Gasteiger partial charge in [0, 0.05) is 5.69 Å². The molecule has 1 N–H and O–H groups in total. The van der Waals surface area contributed by atoms with E-state index in [9.17, 15) is 9.65 Å². The highest BCUT2D eigenvalue weighted by Gasteiger charge is 2.11. The SMILES string of the molecule is Cc1ccc(F)cc1N[C@@H](C#N)c1ccccc1. The topological polar surface area (TPSA) is 35.8 Å². The van der Waals surface area contributed by atoms with Crippen LogP contribution in [0.25, 0.3) is 0 Å². The van der Waals surface area contributed by atoms with Gasteiger partial charge in [-0.15, -0.1) is 0 Å². The van der Waals surface area contributed by atoms with Gasteiger partial charge >= 0.3 is 0 Å². The number of hydrogen-bond donors (Lipinski definition) is 1. The van der Waals surface area contributed by atoms with E-state index in [0.29, 0.717) is 5.69 Å². The van der Waals surface area contributed by atoms with Crippen LogP contribution in [0.1, 0.15) is 17.2 Å². The lowest BCUT2D eigenvalue weighted by Gasteiger charge is -2.15. The molecule has 0 spiro atoms. The molecule has 0 aliphatic rings. The molecule has 2 rings (SSSR count). The van der Waals surface area contributed by atoms with Crippen molar-refractivity contribution in [1.29, 1.82) is 5.26 Å². The van der Waals surface area contributed by atoms with E-state index in [1.165, 1.54) is 12.1 Å². The predicted octanol–water partition coefficient (Wildman–Crippen LogP) is 3.81. The van der Waals surface area contributed by atoms with Crippen molar-refractivity contribution in [2.45, 2.75) is 13.0 Å². The summed E-state index contributed by atoms with van der Waals surface area (Å²) in [6.07, 6.45) is 0. The zero-order valence-electron chi connectivity index (χ0n) is 10.0. The van der Waals surface area contributed by atoms with E-state index in [-0.39, 0.29) is 5.82 Å². The Morgan fingerprint density at radius 2 is 1.89 bits per heavy atom. The first-order valence-corrected chi connectivity index (χ1v) is 5.68. The van der Waals surface area contributed by atoms with Crippen molar-refractivity contribution in [1.82, 2.24) is 0 Å². The number of nitrogens with one attached hydrogen (secondary N) is 1. The molecule has 0 aromatic heterocycles. The summed E-state index contributed by atoms with van der Waals surface area (Å²) < 4.78 is 13.2. The maximum absolute atomic E-state index is 13.2. The molecule has 0 saturated carbocycles. The first kappa shape index (κ1) is 12.1. The molecule has 0 heterocycles. The van der Waals surface area contributed by atoms with Crippen molar-refractivity contribution in [3.63, 3.8) is 0 Å². The number of halogens is 1. The summed E-state index contributed by atoms with van der Waals surface area (Å²) >= 11 is 0. The third-order valence-electron chi connectivity index (χ3n) is 2.76. The monoisotopic (exact) mass is 240 g/mol. The van der Waals surface area contributed by atoms with Crippen molar-refractivity contribution in [3.05, 3.63) is 65.5 Å². The quantitative estimate of drug-likeness (QED) is 0.885. The zero-order chi connectivity index (χ0) is 13.0. The maximum atomic E-state index is 13.2. The third kappa shape index (κ3) is 2.67. The van der Waals surface area contributed by atoms with Crippen LogP contribution in [0.15, 0.2) is 48.5 Å². The van der Waals surface area contributed by atoms with Crippen molar-refractivity contribution in [2.24, 2.45) is 0 Å². The highest BCUT2D eigenvalue weighted by atomic mass is 19.1. The van der Waals surface area contributed by atoms with E-state index in [1.54, 1.807) is 6.07 Å². The molecular weight excluding hydrogens is 227 g/mol. The summed E-state index contributed by atoms with van der Waals surface area (Å²) in [5.74, 6) is -0.312. The summed E-state index contributed by atoms with van der Waals surface area (Å²) in [7, 11) is 0. The van der Waals surface area contributed by atoms with Gasteiger partial charge in [0.15, 0.2) is 0 Å². The fourth-order valence-corrected chi connectivity index (χ4v) is 1.74. The molecule has 0 unspecified atom stereocenters. The minimum atomic E-state index is -0.480. The predicted molar refractivity (Wildman–Crippen MR) is 69.6 cm³/mol. The van der Waals surface area contributed by atoms with Gasteiger partial charge in [-0.1, -0.05) is 36.4 Å². The van der Waals surface area contributed by atoms with Crippen LogP contribution in [0.3, 0.4) is 0 Å². The number of aryl methyl sites for hydroxylation is 1. The van der Waals surface area contributed by atoms with Gasteiger partial charge in [0.25, 0.3) is 0 Å². The molecule has 0 aliphatic carbocycles. The molecule has 0 aliphatic heterocycles. The first-order chi connectivity index (χ1) is 8.70. The van der Waals surface area contributed by atoms with Crippen molar-refractivity contribution < 1.29 is 4.39 Å². The summed E-state index contributed by atoms with van der Waals surface area (Å²) in [6, 6.07) is 15.6. The molecule has 0 radical (unpaired) electrons. The number of benzene rings is 2. The van der Waals surface area contributed by atoms with E-state index in [1.807, 2.05) is 37.3 Å². The van der Waals surface area contributed by atoms with Crippen LogP contribution < -0.4 is 5.32 Å². The molecule has 18 heavy (non-hydrogen) atoms. The minimum absolute atomic E-state index is 0.312. The van der Waals surface area contributed by atoms with Gasteiger partial charge in [0.1, 0.15) is 11.9 Å². The lowest BCUT2D eigenvalue weighted by Crippen LogP contribution is -2.09. The van der Waals surface area contributed by atoms with E-state index in [2.05, 4.69) is 11.4 Å². The lowest BCUT2D eigenvalue weighted by atomic mass is 10.1. The molecule has 2 aromatic carbocycles. The first-order valence-electron chi connectivity index (χ1n) is 5.68. The molecule has 0 bridgehead atoms. The van der Waals surface area contributed by atoms with E-state index >= 15 is 0 Å². The highest BCUT2D eigenvalue weighted by Crippen LogP contribution is 2.22. The van der Waals surface area contributed by atoms with Crippen LogP contribution in [0.4, 0.5) is 10.1 Å². The molecule has 0 amide bonds. The van der Waals surface area contributed by atoms with Gasteiger partial charge < -0.3 is 5.32 Å². The molecule has 0 fully saturated rings. The Bertz CT molecular complexity index is 573. The van der Waals surface area contributed by atoms with Crippen molar-refractivity contribution in [2.75, 3.05) is 5.32 Å². The summed E-state index contributed by atoms with van der Waals surface area (Å²) in [5.41, 5.74) is 2.42. The molecule has 2 nitrogen and oxygen atoms in total. The Kier molecular flexibility index (Phi) is 3.59. The van der Waals surface area contributed by atoms with Crippen LogP contribution >= 0.6 is 0 Å². The van der Waals surface area contributed by atoms with Crippen LogP contribution in [-0.2, 0) is 0 Å². The van der Waals surface area contributed by atoms with E-state index < -0.39 is 6.04 Å². The average Bonchev–Trinajstić information content (AvgIpc) is 2.41. The Balaban J connectivity index is 2.27. The second-order valence-electron chi connectivity index (χ2n) is 4.08. The largest absolute Gasteiger partial charge is 0.366 e. The van der Waals surface area contributed by atoms with Gasteiger partial charge in [-0.25, -0.2) is 4.39 Å². The Morgan fingerprint density at radius 3 is 2.56 bits per heavy atom. The number of nitriles is 1. The second kappa shape index (κ2) is 5.33. The van der Waals surface area contributed by atoms with Gasteiger partial charge in [-0.3, -0.25) is 0 Å². The van der Waals surface area contributed by atoms with Crippen LogP contribution in [0, 0.1) is 24.1 Å². The fourth-order valence-electron chi connectivity index (χ4n) is 1.74. The van der Waals surface area contributed by atoms with Crippen LogP contribution in [0.2, 0.25) is 0 Å². The molecule has 2 aromatic rings. The van der Waals surface area contributed by atoms with Gasteiger partial charge in [-0.2, -0.15) is 5.26 Å². The third-order valence-corrected chi connectivity index (χ3v) is 2.76. The smallest absolute Gasteiger partial charge is 0.140 e. The normalized spacial score (nSPS) is 11.6. The molecule has 3 heteroatoms. The highest BCUT2D eigenvalue weighted by molar-refractivity contribution is 5.53. The average molecular weight is 240 g/mol. The Morgan fingerprint density at radius 1 is 1.17 bits per heavy atom. The zero-order valence-corrected chi connectivity index (χ0v) is 10.0. The number of rotatable bonds is 3. The molecular formula is C15H13FN2. The van der Waals surface area contributed by atoms with Gasteiger partial charge in [-0.05, 0) is 30.2 Å². The van der Waals surface area contributed by atoms with Crippen molar-refractivity contribution in [3.8, 4) is 6.07 Å². The minimum Gasteiger partial charge on any atom is -0.366 e. The van der Waals surface area contributed by atoms with Gasteiger partial charge in [0.05, 0.1) is 6.07 Å². The van der Waals surface area contributed by atoms with Gasteiger partial charge in [0.2, 0.25) is 0 Å². The summed E-state index contributed by atoms with van der Waals surface area (Å²) in [4.78, 5) is 0. The molecule has 0 saturated heterocycles. The maximum Gasteiger partial charge on any atom is 0.140 e. The van der Waals surface area contributed by atoms with Crippen LogP contribution in [-0.4, -0.2) is 0 Å². The molecule has 1 atom stereocenters. The Hall–Kier alpha value is -2.34. The number of nitrogens with zero attached hydrogens (tertiary/aromatic N) is 1. The molecule has 90 valence electrons. The lowest BCUT2D eigenvalue weighted by molar-refractivity contribution is 0.627. The van der Waals surface area contributed by atoms with Crippen LogP contribution in [0.5, 0.6) is 0 Å². The summed E-state index contributed by atoms with van der Waals surface area (Å²) in [5, 5.41) is 12.2.